The van der Waals surface area contributed by atoms with Crippen LogP contribution in [0.5, 0.6) is 0 Å². The van der Waals surface area contributed by atoms with Gasteiger partial charge in [0.25, 0.3) is 5.91 Å². The molecule has 4 atom stereocenters. The van der Waals surface area contributed by atoms with Gasteiger partial charge >= 0.3 is 5.97 Å². The number of hydrogen-bond acceptors (Lipinski definition) is 4. The van der Waals surface area contributed by atoms with E-state index in [0.29, 0.717) is 17.0 Å². The normalized spacial score (nSPS) is 28.1. The molecular formula is C16H18N2O4S. The summed E-state index contributed by atoms with van der Waals surface area (Å²) in [6.45, 7) is 3.63. The van der Waals surface area contributed by atoms with Crippen LogP contribution in [0.1, 0.15) is 27.2 Å². The summed E-state index contributed by atoms with van der Waals surface area (Å²) >= 11 is 1.29. The van der Waals surface area contributed by atoms with Crippen molar-refractivity contribution in [3.8, 4) is 0 Å². The molecule has 0 unspecified atom stereocenters. The highest BCUT2D eigenvalue weighted by Crippen LogP contribution is 2.48. The van der Waals surface area contributed by atoms with Gasteiger partial charge in [-0.1, -0.05) is 12.2 Å². The number of aryl methyl sites for hydroxylation is 1. The Morgan fingerprint density at radius 1 is 1.22 bits per heavy atom. The second kappa shape index (κ2) is 5.49. The summed E-state index contributed by atoms with van der Waals surface area (Å²) in [5, 5.41) is 12.6. The van der Waals surface area contributed by atoms with E-state index >= 15 is 0 Å². The molecule has 0 aromatic carbocycles. The molecule has 2 aliphatic carbocycles. The zero-order chi connectivity index (χ0) is 16.9. The zero-order valence-electron chi connectivity index (χ0n) is 12.8. The van der Waals surface area contributed by atoms with E-state index in [1.54, 1.807) is 6.92 Å². The molecule has 7 heteroatoms. The minimum Gasteiger partial charge on any atom is -0.481 e. The van der Waals surface area contributed by atoms with Crippen molar-refractivity contribution in [2.45, 2.75) is 20.3 Å². The maximum absolute atomic E-state index is 12.7. The van der Waals surface area contributed by atoms with Gasteiger partial charge in [-0.2, -0.15) is 0 Å². The van der Waals surface area contributed by atoms with Crippen LogP contribution in [0.4, 0.5) is 5.00 Å². The Balaban J connectivity index is 1.88. The first-order chi connectivity index (χ1) is 10.8. The summed E-state index contributed by atoms with van der Waals surface area (Å²) in [4.78, 5) is 36.7. The van der Waals surface area contributed by atoms with Gasteiger partial charge in [-0.3, -0.25) is 14.4 Å². The van der Waals surface area contributed by atoms with Gasteiger partial charge in [0, 0.05) is 4.88 Å². The average Bonchev–Trinajstić information content (AvgIpc) is 3.12. The lowest BCUT2D eigenvalue weighted by Crippen LogP contribution is -2.36. The Bertz CT molecular complexity index is 737. The maximum Gasteiger partial charge on any atom is 0.307 e. The summed E-state index contributed by atoms with van der Waals surface area (Å²) < 4.78 is 0. The van der Waals surface area contributed by atoms with E-state index in [9.17, 15) is 19.5 Å². The highest BCUT2D eigenvalue weighted by Gasteiger charge is 2.51. The fraction of sp³-hybridized carbons (Fsp3) is 0.438. The van der Waals surface area contributed by atoms with E-state index in [4.69, 9.17) is 5.73 Å². The molecule has 2 bridgehead atoms. The number of primary amides is 1. The number of allylic oxidation sites excluding steroid dienone is 2. The summed E-state index contributed by atoms with van der Waals surface area (Å²) in [6.07, 6.45) is 4.51. The number of carboxylic acid groups (broad SMARTS) is 1. The fourth-order valence-electron chi connectivity index (χ4n) is 3.72. The molecule has 6 nitrogen and oxygen atoms in total. The van der Waals surface area contributed by atoms with Crippen molar-refractivity contribution < 1.29 is 19.5 Å². The Morgan fingerprint density at radius 3 is 2.39 bits per heavy atom. The second-order valence-corrected chi connectivity index (χ2v) is 7.40. The van der Waals surface area contributed by atoms with E-state index in [-0.39, 0.29) is 17.7 Å². The molecule has 0 aliphatic heterocycles. The minimum absolute atomic E-state index is 0.0553. The monoisotopic (exact) mass is 334 g/mol. The number of rotatable bonds is 4. The van der Waals surface area contributed by atoms with Crippen LogP contribution < -0.4 is 11.1 Å². The van der Waals surface area contributed by atoms with Crippen molar-refractivity contribution in [3.63, 3.8) is 0 Å². The van der Waals surface area contributed by atoms with Crippen molar-refractivity contribution in [1.82, 2.24) is 0 Å². The Kier molecular flexibility index (Phi) is 3.75. The molecular weight excluding hydrogens is 316 g/mol. The molecule has 2 amide bonds. The molecule has 1 saturated carbocycles. The number of nitrogens with one attached hydrogen (secondary N) is 1. The number of carbonyl (C=O) groups is 3. The van der Waals surface area contributed by atoms with Crippen molar-refractivity contribution >= 4 is 34.1 Å². The van der Waals surface area contributed by atoms with E-state index < -0.39 is 23.7 Å². The van der Waals surface area contributed by atoms with Crippen LogP contribution in [0.3, 0.4) is 0 Å². The van der Waals surface area contributed by atoms with E-state index in [1.165, 1.54) is 11.3 Å². The summed E-state index contributed by atoms with van der Waals surface area (Å²) in [6, 6.07) is 0. The predicted octanol–water partition coefficient (Wildman–Crippen LogP) is 1.93. The molecule has 3 rings (SSSR count). The molecule has 0 spiro atoms. The average molecular weight is 334 g/mol. The number of thiophene rings is 1. The Hall–Kier alpha value is -2.15. The molecule has 23 heavy (non-hydrogen) atoms. The quantitative estimate of drug-likeness (QED) is 0.731. The van der Waals surface area contributed by atoms with Gasteiger partial charge in [0.05, 0.1) is 17.4 Å². The molecule has 0 saturated heterocycles. The molecule has 0 radical (unpaired) electrons. The van der Waals surface area contributed by atoms with Crippen LogP contribution in [0, 0.1) is 37.5 Å². The smallest absolute Gasteiger partial charge is 0.307 e. The first-order valence-corrected chi connectivity index (χ1v) is 8.24. The third kappa shape index (κ3) is 2.45. The van der Waals surface area contributed by atoms with E-state index in [0.717, 1.165) is 10.4 Å². The molecule has 2 aliphatic rings. The lowest BCUT2D eigenvalue weighted by Gasteiger charge is -2.23. The van der Waals surface area contributed by atoms with Crippen LogP contribution in [-0.2, 0) is 9.59 Å². The lowest BCUT2D eigenvalue weighted by molar-refractivity contribution is -0.146. The van der Waals surface area contributed by atoms with Gasteiger partial charge in [0.2, 0.25) is 5.91 Å². The van der Waals surface area contributed by atoms with E-state index in [2.05, 4.69) is 5.32 Å². The van der Waals surface area contributed by atoms with Crippen LogP contribution >= 0.6 is 11.3 Å². The highest BCUT2D eigenvalue weighted by molar-refractivity contribution is 7.16. The van der Waals surface area contributed by atoms with Crippen molar-refractivity contribution in [1.29, 1.82) is 0 Å². The van der Waals surface area contributed by atoms with Crippen LogP contribution in [0.15, 0.2) is 12.2 Å². The number of hydrogen-bond donors (Lipinski definition) is 3. The number of aliphatic carboxylic acids is 1. The fourth-order valence-corrected chi connectivity index (χ4v) is 4.79. The largest absolute Gasteiger partial charge is 0.481 e. The summed E-state index contributed by atoms with van der Waals surface area (Å²) in [5.41, 5.74) is 6.47. The number of anilines is 1. The molecule has 1 aromatic rings. The van der Waals surface area contributed by atoms with Crippen molar-refractivity contribution in [3.05, 3.63) is 28.2 Å². The van der Waals surface area contributed by atoms with Gasteiger partial charge < -0.3 is 16.2 Å². The Morgan fingerprint density at radius 2 is 1.83 bits per heavy atom. The van der Waals surface area contributed by atoms with Gasteiger partial charge in [0.1, 0.15) is 5.00 Å². The summed E-state index contributed by atoms with van der Waals surface area (Å²) in [5.74, 6) is -3.34. The van der Waals surface area contributed by atoms with E-state index in [1.807, 2.05) is 19.1 Å². The number of carboxylic acids is 1. The number of amides is 2. The van der Waals surface area contributed by atoms with Gasteiger partial charge in [0.15, 0.2) is 0 Å². The third-order valence-electron chi connectivity index (χ3n) is 4.92. The highest BCUT2D eigenvalue weighted by atomic mass is 32.1. The van der Waals surface area contributed by atoms with Gasteiger partial charge in [-0.15, -0.1) is 11.3 Å². The van der Waals surface area contributed by atoms with Crippen molar-refractivity contribution in [2.24, 2.45) is 29.4 Å². The summed E-state index contributed by atoms with van der Waals surface area (Å²) in [7, 11) is 0. The second-order valence-electron chi connectivity index (χ2n) is 6.18. The van der Waals surface area contributed by atoms with Crippen LogP contribution in [0.2, 0.25) is 0 Å². The van der Waals surface area contributed by atoms with Gasteiger partial charge in [-0.25, -0.2) is 0 Å². The molecule has 1 heterocycles. The van der Waals surface area contributed by atoms with Crippen LogP contribution in [-0.4, -0.2) is 22.9 Å². The first-order valence-electron chi connectivity index (χ1n) is 7.43. The molecule has 4 N–H and O–H groups in total. The number of fused-ring (bicyclic) bond motifs is 2. The lowest BCUT2D eigenvalue weighted by atomic mass is 9.82. The predicted molar refractivity (Wildman–Crippen MR) is 86.3 cm³/mol. The molecule has 122 valence electrons. The van der Waals surface area contributed by atoms with Gasteiger partial charge in [-0.05, 0) is 37.7 Å². The first kappa shape index (κ1) is 15.7. The number of nitrogens with two attached hydrogens (primary N) is 1. The topological polar surface area (TPSA) is 109 Å². The maximum atomic E-state index is 12.7. The zero-order valence-corrected chi connectivity index (χ0v) is 13.6. The van der Waals surface area contributed by atoms with Crippen LogP contribution in [0.25, 0.3) is 0 Å². The minimum atomic E-state index is -0.948. The SMILES string of the molecule is Cc1sc(NC(=O)[C@@H]2[C@H](C(=O)O)[C@H]3C=C[C@H]2C3)c(C(N)=O)c1C. The molecule has 1 fully saturated rings. The number of carbonyl (C=O) groups excluding carboxylic acids is 2. The van der Waals surface area contributed by atoms with Crippen molar-refractivity contribution in [2.75, 3.05) is 5.32 Å². The molecule has 1 aromatic heterocycles. The standard InChI is InChI=1S/C16H18N2O4S/c1-6-7(2)23-15(10(6)13(17)19)18-14(20)11-8-3-4-9(5-8)12(11)16(21)22/h3-4,8-9,11-12H,5H2,1-2H3,(H2,17,19)(H,18,20)(H,21,22)/t8-,9-,11-,12+/m0/s1. The Labute approximate surface area is 137 Å². The third-order valence-corrected chi connectivity index (χ3v) is 6.04.